The molecule has 3 heterocycles. The smallest absolute Gasteiger partial charge is 0.252 e. The Morgan fingerprint density at radius 3 is 2.79 bits per heavy atom. The maximum Gasteiger partial charge on any atom is 0.252 e. The highest BCUT2D eigenvalue weighted by atomic mass is 31.1. The average molecular weight is 343 g/mol. The molecule has 124 valence electrons. The quantitative estimate of drug-likeness (QED) is 0.838. The first-order valence-electron chi connectivity index (χ1n) is 8.13. The Bertz CT molecular complexity index is 752. The second-order valence-corrected chi connectivity index (χ2v) is 7.44. The summed E-state index contributed by atoms with van der Waals surface area (Å²) in [5.41, 5.74) is 1.61. The Hall–Kier alpha value is -1.97. The van der Waals surface area contributed by atoms with Gasteiger partial charge in [-0.2, -0.15) is 0 Å². The highest BCUT2D eigenvalue weighted by Gasteiger charge is 2.30. The molecule has 0 aliphatic carbocycles. The predicted molar refractivity (Wildman–Crippen MR) is 95.0 cm³/mol. The number of halogens is 1. The molecule has 0 spiro atoms. The molecule has 4 nitrogen and oxygen atoms in total. The topological polar surface area (TPSA) is 35.6 Å². The summed E-state index contributed by atoms with van der Waals surface area (Å²) in [7, 11) is 0.345. The molecular weight excluding hydrogens is 324 g/mol. The molecule has 1 amide bonds. The van der Waals surface area contributed by atoms with Crippen LogP contribution in [0.15, 0.2) is 54.4 Å². The minimum atomic E-state index is -0.269. The van der Waals surface area contributed by atoms with E-state index in [0.29, 0.717) is 14.1 Å². The van der Waals surface area contributed by atoms with Gasteiger partial charge >= 0.3 is 0 Å². The summed E-state index contributed by atoms with van der Waals surface area (Å²) in [6, 6.07) is 6.66. The largest absolute Gasteiger partial charge is 0.368 e. The predicted octanol–water partition coefficient (Wildman–Crippen LogP) is 2.33. The van der Waals surface area contributed by atoms with Crippen LogP contribution in [0, 0.1) is 5.82 Å². The van der Waals surface area contributed by atoms with Gasteiger partial charge in [0.15, 0.2) is 0 Å². The third-order valence-corrected chi connectivity index (χ3v) is 5.98. The highest BCUT2D eigenvalue weighted by Crippen LogP contribution is 2.45. The molecule has 1 fully saturated rings. The minimum Gasteiger partial charge on any atom is -0.368 e. The zero-order chi connectivity index (χ0) is 16.5. The summed E-state index contributed by atoms with van der Waals surface area (Å²) < 4.78 is 14.0. The number of allylic oxidation sites excluding steroid dienone is 1. The molecule has 0 saturated carbocycles. The number of nitrogens with one attached hydrogen (secondary N) is 1. The normalized spacial score (nSPS) is 24.7. The molecular formula is C18H19FN3OP. The van der Waals surface area contributed by atoms with E-state index in [1.54, 1.807) is 29.2 Å². The standard InChI is InChI=1S/C18H19FN3OP/c19-15-4-2-1-3-14(15)16-11-17(23)22-12-13(5-6-18(22)24-16)21-9-7-20-8-10-21/h1-6,11-12,18,20,24H,7-10H2. The van der Waals surface area contributed by atoms with Crippen LogP contribution in [0.4, 0.5) is 4.39 Å². The molecule has 0 bridgehead atoms. The Balaban J connectivity index is 1.59. The van der Waals surface area contributed by atoms with Crippen LogP contribution in [-0.4, -0.2) is 47.7 Å². The number of hydrogen-bond acceptors (Lipinski definition) is 3. The zero-order valence-corrected chi connectivity index (χ0v) is 14.2. The van der Waals surface area contributed by atoms with E-state index in [1.807, 2.05) is 6.20 Å². The van der Waals surface area contributed by atoms with Crippen molar-refractivity contribution in [2.75, 3.05) is 26.2 Å². The fourth-order valence-electron chi connectivity index (χ4n) is 3.21. The lowest BCUT2D eigenvalue weighted by Crippen LogP contribution is -2.44. The van der Waals surface area contributed by atoms with Gasteiger partial charge in [-0.3, -0.25) is 4.79 Å². The van der Waals surface area contributed by atoms with Crippen molar-refractivity contribution in [2.24, 2.45) is 0 Å². The maximum atomic E-state index is 14.0. The highest BCUT2D eigenvalue weighted by molar-refractivity contribution is 7.51. The molecule has 1 saturated heterocycles. The van der Waals surface area contributed by atoms with E-state index < -0.39 is 0 Å². The summed E-state index contributed by atoms with van der Waals surface area (Å²) >= 11 is 0. The summed E-state index contributed by atoms with van der Waals surface area (Å²) in [6.45, 7) is 3.81. The molecule has 0 aromatic heterocycles. The average Bonchev–Trinajstić information content (AvgIpc) is 2.62. The lowest BCUT2D eigenvalue weighted by molar-refractivity contribution is -0.123. The van der Waals surface area contributed by atoms with E-state index in [0.717, 1.165) is 37.2 Å². The van der Waals surface area contributed by atoms with Crippen molar-refractivity contribution in [3.05, 3.63) is 65.8 Å². The number of carbonyl (C=O) groups excluding carboxylic acids is 1. The summed E-state index contributed by atoms with van der Waals surface area (Å²) in [5.74, 6) is -0.355. The van der Waals surface area contributed by atoms with Crippen molar-refractivity contribution in [3.8, 4) is 0 Å². The number of benzene rings is 1. The van der Waals surface area contributed by atoms with Gasteiger partial charge in [-0.25, -0.2) is 4.39 Å². The van der Waals surface area contributed by atoms with Crippen LogP contribution >= 0.6 is 8.58 Å². The second-order valence-electron chi connectivity index (χ2n) is 6.02. The van der Waals surface area contributed by atoms with Crippen LogP contribution in [-0.2, 0) is 4.79 Å². The van der Waals surface area contributed by atoms with Gasteiger partial charge in [0.1, 0.15) is 5.82 Å². The number of amides is 1. The van der Waals surface area contributed by atoms with Gasteiger partial charge in [0.05, 0.1) is 11.5 Å². The van der Waals surface area contributed by atoms with Crippen LogP contribution in [0.3, 0.4) is 0 Å². The summed E-state index contributed by atoms with van der Waals surface area (Å²) in [4.78, 5) is 16.6. The van der Waals surface area contributed by atoms with Crippen LogP contribution in [0.5, 0.6) is 0 Å². The van der Waals surface area contributed by atoms with Crippen LogP contribution in [0.2, 0.25) is 0 Å². The van der Waals surface area contributed by atoms with Crippen molar-refractivity contribution < 1.29 is 9.18 Å². The zero-order valence-electron chi connectivity index (χ0n) is 13.2. The third-order valence-electron chi connectivity index (χ3n) is 4.49. The SMILES string of the molecule is O=C1C=C(c2ccccc2F)PC2C=CC(N3CCNCC3)=CN12. The van der Waals surface area contributed by atoms with Gasteiger partial charge in [0.2, 0.25) is 0 Å². The number of piperazine rings is 1. The van der Waals surface area contributed by atoms with Crippen molar-refractivity contribution >= 4 is 19.8 Å². The monoisotopic (exact) mass is 343 g/mol. The Morgan fingerprint density at radius 1 is 1.21 bits per heavy atom. The maximum absolute atomic E-state index is 14.0. The van der Waals surface area contributed by atoms with Crippen LogP contribution in [0.1, 0.15) is 5.56 Å². The second kappa shape index (κ2) is 6.50. The van der Waals surface area contributed by atoms with Gasteiger partial charge in [-0.1, -0.05) is 32.9 Å². The van der Waals surface area contributed by atoms with Crippen LogP contribution in [0.25, 0.3) is 5.31 Å². The number of carbonyl (C=O) groups is 1. The van der Waals surface area contributed by atoms with E-state index in [9.17, 15) is 9.18 Å². The number of nitrogens with zero attached hydrogens (tertiary/aromatic N) is 2. The molecule has 0 radical (unpaired) electrons. The molecule has 2 atom stereocenters. The van der Waals surface area contributed by atoms with Gasteiger partial charge in [-0.05, 0) is 17.5 Å². The number of fused-ring (bicyclic) bond motifs is 1. The summed E-state index contributed by atoms with van der Waals surface area (Å²) in [5, 5.41) is 4.13. The summed E-state index contributed by atoms with van der Waals surface area (Å²) in [6.07, 6.45) is 7.69. The van der Waals surface area contributed by atoms with E-state index in [1.165, 1.54) is 6.07 Å². The van der Waals surface area contributed by atoms with E-state index in [2.05, 4.69) is 22.4 Å². The first kappa shape index (κ1) is 15.6. The van der Waals surface area contributed by atoms with Gasteiger partial charge in [0.25, 0.3) is 5.91 Å². The molecule has 1 N–H and O–H groups in total. The van der Waals surface area contributed by atoms with E-state index >= 15 is 0 Å². The first-order chi connectivity index (χ1) is 11.7. The molecule has 2 unspecified atom stereocenters. The molecule has 3 aliphatic rings. The first-order valence-corrected chi connectivity index (χ1v) is 9.21. The Labute approximate surface area is 142 Å². The van der Waals surface area contributed by atoms with Gasteiger partial charge in [0, 0.05) is 44.0 Å². The molecule has 1 aromatic rings. The van der Waals surface area contributed by atoms with E-state index in [-0.39, 0.29) is 17.5 Å². The van der Waals surface area contributed by atoms with Crippen molar-refractivity contribution in [3.63, 3.8) is 0 Å². The van der Waals surface area contributed by atoms with Crippen molar-refractivity contribution in [1.82, 2.24) is 15.1 Å². The fourth-order valence-corrected chi connectivity index (χ4v) is 4.63. The molecule has 4 rings (SSSR count). The number of hydrogen-bond donors (Lipinski definition) is 1. The number of rotatable bonds is 2. The molecule has 24 heavy (non-hydrogen) atoms. The van der Waals surface area contributed by atoms with Gasteiger partial charge in [-0.15, -0.1) is 0 Å². The van der Waals surface area contributed by atoms with Crippen molar-refractivity contribution in [1.29, 1.82) is 0 Å². The Kier molecular flexibility index (Phi) is 4.21. The van der Waals surface area contributed by atoms with E-state index in [4.69, 9.17) is 0 Å². The third kappa shape index (κ3) is 2.90. The van der Waals surface area contributed by atoms with Gasteiger partial charge < -0.3 is 15.1 Å². The Morgan fingerprint density at radius 2 is 2.00 bits per heavy atom. The lowest BCUT2D eigenvalue weighted by atomic mass is 10.1. The fraction of sp³-hybridized carbons (Fsp3) is 0.278. The lowest BCUT2D eigenvalue weighted by Gasteiger charge is -2.37. The molecule has 6 heteroatoms. The molecule has 1 aromatic carbocycles. The minimum absolute atomic E-state index is 0.0104. The molecule has 3 aliphatic heterocycles. The van der Waals surface area contributed by atoms with Crippen molar-refractivity contribution in [2.45, 2.75) is 5.78 Å². The van der Waals surface area contributed by atoms with Crippen LogP contribution < -0.4 is 5.32 Å².